The van der Waals surface area contributed by atoms with E-state index in [-0.39, 0.29) is 11.0 Å². The zero-order chi connectivity index (χ0) is 16.4. The molecule has 3 aromatic heterocycles. The normalized spacial score (nSPS) is 11.3. The summed E-state index contributed by atoms with van der Waals surface area (Å²) in [7, 11) is 1.66. The predicted octanol–water partition coefficient (Wildman–Crippen LogP) is 4.08. The van der Waals surface area contributed by atoms with Crippen molar-refractivity contribution in [3.63, 3.8) is 0 Å². The van der Waals surface area contributed by atoms with Gasteiger partial charge in [0.1, 0.15) is 10.3 Å². The second-order valence-corrected chi connectivity index (χ2v) is 6.09. The molecule has 0 N–H and O–H groups in total. The Bertz CT molecular complexity index is 855. The monoisotopic (exact) mass is 398 g/mol. The molecule has 3 heterocycles. The molecule has 23 heavy (non-hydrogen) atoms. The fourth-order valence-corrected chi connectivity index (χ4v) is 2.91. The number of hydrogen-bond acceptors (Lipinski definition) is 4. The largest absolute Gasteiger partial charge is 0.385 e. The van der Waals surface area contributed by atoms with Gasteiger partial charge in [-0.05, 0) is 40.0 Å². The van der Waals surface area contributed by atoms with Gasteiger partial charge in [0.15, 0.2) is 5.82 Å². The molecule has 8 heteroatoms. The Hall–Kier alpha value is -1.57. The van der Waals surface area contributed by atoms with Crippen molar-refractivity contribution in [2.75, 3.05) is 13.7 Å². The van der Waals surface area contributed by atoms with Gasteiger partial charge in [-0.1, -0.05) is 0 Å². The molecule has 0 radical (unpaired) electrons. The molecule has 0 aliphatic heterocycles. The van der Waals surface area contributed by atoms with Gasteiger partial charge < -0.3 is 9.30 Å². The number of fused-ring (bicyclic) bond motifs is 1. The summed E-state index contributed by atoms with van der Waals surface area (Å²) < 4.78 is 21.9. The van der Waals surface area contributed by atoms with Crippen LogP contribution in [0.15, 0.2) is 29.3 Å². The van der Waals surface area contributed by atoms with Crippen LogP contribution >= 0.6 is 27.5 Å². The van der Waals surface area contributed by atoms with Gasteiger partial charge in [0.2, 0.25) is 5.28 Å². The Labute approximate surface area is 145 Å². The predicted molar refractivity (Wildman–Crippen MR) is 89.9 cm³/mol. The summed E-state index contributed by atoms with van der Waals surface area (Å²) in [6, 6.07) is 1.84. The molecule has 0 aliphatic carbocycles. The van der Waals surface area contributed by atoms with Crippen LogP contribution in [0.5, 0.6) is 0 Å². The lowest BCUT2D eigenvalue weighted by atomic mass is 10.1. The maximum atomic E-state index is 14.2. The first kappa shape index (κ1) is 16.3. The zero-order valence-corrected chi connectivity index (χ0v) is 14.6. The minimum absolute atomic E-state index is 0.00908. The van der Waals surface area contributed by atoms with Gasteiger partial charge >= 0.3 is 0 Å². The summed E-state index contributed by atoms with van der Waals surface area (Å²) in [5, 5.41) is 0.854. The van der Waals surface area contributed by atoms with Crippen LogP contribution < -0.4 is 0 Å². The summed E-state index contributed by atoms with van der Waals surface area (Å²) in [6.07, 6.45) is 5.52. The van der Waals surface area contributed by atoms with Crippen LogP contribution in [0.3, 0.4) is 0 Å². The average Bonchev–Trinajstić information content (AvgIpc) is 2.88. The van der Waals surface area contributed by atoms with E-state index in [2.05, 4.69) is 30.9 Å². The molecule has 0 amide bonds. The van der Waals surface area contributed by atoms with E-state index in [4.69, 9.17) is 16.3 Å². The van der Waals surface area contributed by atoms with Gasteiger partial charge in [-0.25, -0.2) is 19.3 Å². The van der Waals surface area contributed by atoms with Crippen molar-refractivity contribution in [3.8, 4) is 11.3 Å². The lowest BCUT2D eigenvalue weighted by Gasteiger charge is -2.04. The third kappa shape index (κ3) is 3.36. The fraction of sp³-hybridized carbons (Fsp3) is 0.267. The first-order chi connectivity index (χ1) is 11.1. The maximum Gasteiger partial charge on any atom is 0.223 e. The van der Waals surface area contributed by atoms with Crippen LogP contribution in [0.4, 0.5) is 4.39 Å². The van der Waals surface area contributed by atoms with Crippen LogP contribution in [0, 0.1) is 5.82 Å². The molecule has 0 bridgehead atoms. The van der Waals surface area contributed by atoms with E-state index >= 15 is 0 Å². The van der Waals surface area contributed by atoms with Gasteiger partial charge in [-0.3, -0.25) is 0 Å². The molecule has 0 saturated heterocycles. The highest BCUT2D eigenvalue weighted by Gasteiger charge is 2.16. The third-order valence-corrected chi connectivity index (χ3v) is 4.07. The zero-order valence-electron chi connectivity index (χ0n) is 12.3. The van der Waals surface area contributed by atoms with Gasteiger partial charge in [-0.15, -0.1) is 0 Å². The van der Waals surface area contributed by atoms with Gasteiger partial charge in [-0.2, -0.15) is 0 Å². The molecule has 0 atom stereocenters. The lowest BCUT2D eigenvalue weighted by Crippen LogP contribution is -2.00. The summed E-state index contributed by atoms with van der Waals surface area (Å²) >= 11 is 9.18. The minimum Gasteiger partial charge on any atom is -0.385 e. The fourth-order valence-electron chi connectivity index (χ4n) is 2.45. The lowest BCUT2D eigenvalue weighted by molar-refractivity contribution is 0.190. The van der Waals surface area contributed by atoms with E-state index in [1.807, 2.05) is 16.8 Å². The van der Waals surface area contributed by atoms with Gasteiger partial charge in [0.05, 0.1) is 17.9 Å². The van der Waals surface area contributed by atoms with E-state index in [9.17, 15) is 4.39 Å². The minimum atomic E-state index is -0.515. The summed E-state index contributed by atoms with van der Waals surface area (Å²) in [5.74, 6) is -0.515. The number of hydrogen-bond donors (Lipinski definition) is 0. The van der Waals surface area contributed by atoms with Gasteiger partial charge in [0.25, 0.3) is 0 Å². The molecule has 3 rings (SSSR count). The second kappa shape index (κ2) is 6.90. The van der Waals surface area contributed by atoms with Crippen molar-refractivity contribution < 1.29 is 9.13 Å². The Morgan fingerprint density at radius 3 is 2.96 bits per heavy atom. The molecule has 3 aromatic rings. The highest BCUT2D eigenvalue weighted by Crippen LogP contribution is 2.32. The highest BCUT2D eigenvalue weighted by molar-refractivity contribution is 9.10. The molecule has 120 valence electrons. The number of halogens is 3. The van der Waals surface area contributed by atoms with Gasteiger partial charge in [0, 0.05) is 37.4 Å². The summed E-state index contributed by atoms with van der Waals surface area (Å²) in [6.45, 7) is 1.38. The third-order valence-electron chi connectivity index (χ3n) is 3.45. The molecule has 0 fully saturated rings. The standard InChI is InChI=1S/C15H13BrClFN4O/c1-23-4-2-3-22-8-10(9-5-13(16)19-7-12(9)22)14-11(18)6-20-15(17)21-14/h5-8H,2-4H2,1H3. The number of pyridine rings is 1. The first-order valence-corrected chi connectivity index (χ1v) is 8.09. The number of rotatable bonds is 5. The highest BCUT2D eigenvalue weighted by atomic mass is 79.9. The van der Waals surface area contributed by atoms with E-state index in [0.29, 0.717) is 16.8 Å². The summed E-state index contributed by atoms with van der Waals surface area (Å²) in [5.41, 5.74) is 1.73. The number of methoxy groups -OCH3 is 1. The van der Waals surface area contributed by atoms with E-state index in [1.54, 1.807) is 13.3 Å². The smallest absolute Gasteiger partial charge is 0.223 e. The average molecular weight is 400 g/mol. The molecule has 0 saturated carbocycles. The van der Waals surface area contributed by atoms with Crippen molar-refractivity contribution >= 4 is 38.4 Å². The Balaban J connectivity index is 2.15. The molecule has 0 spiro atoms. The van der Waals surface area contributed by atoms with E-state index in [1.165, 1.54) is 0 Å². The van der Waals surface area contributed by atoms with Crippen LogP contribution in [0.25, 0.3) is 22.2 Å². The van der Waals surface area contributed by atoms with Crippen molar-refractivity contribution in [1.82, 2.24) is 19.5 Å². The Morgan fingerprint density at radius 2 is 2.17 bits per heavy atom. The van der Waals surface area contributed by atoms with Crippen LogP contribution in [0.1, 0.15) is 6.42 Å². The molecule has 0 aliphatic rings. The Kier molecular flexibility index (Phi) is 4.89. The number of ether oxygens (including phenoxy) is 1. The summed E-state index contributed by atoms with van der Waals surface area (Å²) in [4.78, 5) is 12.0. The number of aryl methyl sites for hydroxylation is 1. The maximum absolute atomic E-state index is 14.2. The molecule has 0 aromatic carbocycles. The van der Waals surface area contributed by atoms with Crippen LogP contribution in [0.2, 0.25) is 5.28 Å². The SMILES string of the molecule is COCCCn1cc(-c2nc(Cl)ncc2F)c2cc(Br)ncc21. The van der Waals surface area contributed by atoms with Crippen LogP contribution in [-0.4, -0.2) is 33.2 Å². The van der Waals surface area contributed by atoms with E-state index in [0.717, 1.165) is 30.1 Å². The van der Waals surface area contributed by atoms with Crippen molar-refractivity contribution in [2.24, 2.45) is 0 Å². The van der Waals surface area contributed by atoms with Crippen molar-refractivity contribution in [3.05, 3.63) is 40.4 Å². The molecule has 5 nitrogen and oxygen atoms in total. The molecular weight excluding hydrogens is 387 g/mol. The number of nitrogens with zero attached hydrogens (tertiary/aromatic N) is 4. The second-order valence-electron chi connectivity index (χ2n) is 4.94. The quantitative estimate of drug-likeness (QED) is 0.368. The molecule has 0 unspecified atom stereocenters. The first-order valence-electron chi connectivity index (χ1n) is 6.92. The number of aromatic nitrogens is 4. The van der Waals surface area contributed by atoms with Crippen molar-refractivity contribution in [2.45, 2.75) is 13.0 Å². The Morgan fingerprint density at radius 1 is 1.35 bits per heavy atom. The van der Waals surface area contributed by atoms with Crippen LogP contribution in [-0.2, 0) is 11.3 Å². The van der Waals surface area contributed by atoms with E-state index < -0.39 is 5.82 Å². The van der Waals surface area contributed by atoms with Crippen molar-refractivity contribution in [1.29, 1.82) is 0 Å². The topological polar surface area (TPSA) is 52.8 Å². The molecular formula is C15H13BrClFN4O.